The van der Waals surface area contributed by atoms with Crippen LogP contribution >= 0.6 is 0 Å². The van der Waals surface area contributed by atoms with Gasteiger partial charge in [-0.05, 0) is 25.7 Å². The zero-order valence-corrected chi connectivity index (χ0v) is 8.51. The van der Waals surface area contributed by atoms with Crippen molar-refractivity contribution in [3.63, 3.8) is 0 Å². The number of hydrogen-bond donors (Lipinski definition) is 1. The summed E-state index contributed by atoms with van der Waals surface area (Å²) in [6, 6.07) is 0. The molecule has 2 nitrogen and oxygen atoms in total. The molecule has 0 bridgehead atoms. The van der Waals surface area contributed by atoms with E-state index in [0.29, 0.717) is 5.92 Å². The Morgan fingerprint density at radius 3 is 2.08 bits per heavy atom. The minimum Gasteiger partial charge on any atom is -0.376 e. The minimum absolute atomic E-state index is 0.315. The summed E-state index contributed by atoms with van der Waals surface area (Å²) in [5.74, 6) is 0.315. The monoisotopic (exact) mass is 171 g/mol. The standard InChI is InChI=1S/C10H21NO/c1-9(2)10(3,12)11-7-5-4-6-8-11/h9,12H,4-8H2,1-3H3. The summed E-state index contributed by atoms with van der Waals surface area (Å²) in [4.78, 5) is 2.21. The molecular weight excluding hydrogens is 150 g/mol. The Kier molecular flexibility index (Phi) is 3.13. The summed E-state index contributed by atoms with van der Waals surface area (Å²) in [5.41, 5.74) is -0.597. The first kappa shape index (κ1) is 10.0. The lowest BCUT2D eigenvalue weighted by atomic mass is 9.97. The van der Waals surface area contributed by atoms with Crippen LogP contribution in [0.25, 0.3) is 0 Å². The first-order valence-electron chi connectivity index (χ1n) is 5.02. The average molecular weight is 171 g/mol. The normalized spacial score (nSPS) is 25.8. The van der Waals surface area contributed by atoms with E-state index in [1.165, 1.54) is 19.3 Å². The molecule has 2 heteroatoms. The molecule has 0 aromatic carbocycles. The summed E-state index contributed by atoms with van der Waals surface area (Å²) >= 11 is 0. The second kappa shape index (κ2) is 3.75. The van der Waals surface area contributed by atoms with Gasteiger partial charge in [0.1, 0.15) is 5.72 Å². The van der Waals surface area contributed by atoms with Crippen LogP contribution < -0.4 is 0 Å². The Bertz CT molecular complexity index is 137. The third kappa shape index (κ3) is 1.99. The maximum atomic E-state index is 10.1. The van der Waals surface area contributed by atoms with Crippen molar-refractivity contribution in [2.75, 3.05) is 13.1 Å². The molecule has 0 aromatic heterocycles. The maximum absolute atomic E-state index is 10.1. The third-order valence-electron chi connectivity index (χ3n) is 3.09. The van der Waals surface area contributed by atoms with Crippen molar-refractivity contribution in [2.24, 2.45) is 5.92 Å². The van der Waals surface area contributed by atoms with Crippen LogP contribution in [0.4, 0.5) is 0 Å². The second-order valence-corrected chi connectivity index (χ2v) is 4.30. The van der Waals surface area contributed by atoms with Crippen LogP contribution in [0.1, 0.15) is 40.0 Å². The van der Waals surface area contributed by atoms with Crippen molar-refractivity contribution in [3.05, 3.63) is 0 Å². The molecule has 1 heterocycles. The fraction of sp³-hybridized carbons (Fsp3) is 1.00. The highest BCUT2D eigenvalue weighted by molar-refractivity contribution is 4.80. The Hall–Kier alpha value is -0.0800. The predicted octanol–water partition coefficient (Wildman–Crippen LogP) is 1.84. The molecule has 1 saturated heterocycles. The van der Waals surface area contributed by atoms with Crippen molar-refractivity contribution in [3.8, 4) is 0 Å². The Morgan fingerprint density at radius 2 is 1.67 bits per heavy atom. The predicted molar refractivity (Wildman–Crippen MR) is 50.9 cm³/mol. The van der Waals surface area contributed by atoms with Crippen molar-refractivity contribution in [1.29, 1.82) is 0 Å². The second-order valence-electron chi connectivity index (χ2n) is 4.30. The number of aliphatic hydroxyl groups is 1. The molecule has 1 unspecified atom stereocenters. The van der Waals surface area contributed by atoms with Gasteiger partial charge in [0.2, 0.25) is 0 Å². The van der Waals surface area contributed by atoms with Crippen LogP contribution in [-0.2, 0) is 0 Å². The molecule has 0 aliphatic carbocycles. The van der Waals surface area contributed by atoms with Gasteiger partial charge in [-0.15, -0.1) is 0 Å². The number of nitrogens with zero attached hydrogens (tertiary/aromatic N) is 1. The topological polar surface area (TPSA) is 23.5 Å². The zero-order valence-electron chi connectivity index (χ0n) is 8.51. The molecule has 0 saturated carbocycles. The Balaban J connectivity index is 2.53. The fourth-order valence-electron chi connectivity index (χ4n) is 1.71. The third-order valence-corrected chi connectivity index (χ3v) is 3.09. The molecule has 1 aliphatic rings. The van der Waals surface area contributed by atoms with Gasteiger partial charge in [-0.3, -0.25) is 4.90 Å². The summed E-state index contributed by atoms with van der Waals surface area (Å²) in [6.07, 6.45) is 3.80. The van der Waals surface area contributed by atoms with Crippen LogP contribution in [0.15, 0.2) is 0 Å². The average Bonchev–Trinajstić information content (AvgIpc) is 2.06. The number of piperidine rings is 1. The van der Waals surface area contributed by atoms with Gasteiger partial charge in [-0.2, -0.15) is 0 Å². The molecule has 72 valence electrons. The van der Waals surface area contributed by atoms with E-state index in [4.69, 9.17) is 0 Å². The van der Waals surface area contributed by atoms with Crippen LogP contribution in [0.3, 0.4) is 0 Å². The number of likely N-dealkylation sites (tertiary alicyclic amines) is 1. The van der Waals surface area contributed by atoms with Gasteiger partial charge >= 0.3 is 0 Å². The molecular formula is C10H21NO. The zero-order chi connectivity index (χ0) is 9.19. The summed E-state index contributed by atoms with van der Waals surface area (Å²) < 4.78 is 0. The van der Waals surface area contributed by atoms with Gasteiger partial charge in [0.25, 0.3) is 0 Å². The highest BCUT2D eigenvalue weighted by Crippen LogP contribution is 2.24. The highest BCUT2D eigenvalue weighted by Gasteiger charge is 2.32. The van der Waals surface area contributed by atoms with Gasteiger partial charge in [-0.1, -0.05) is 20.3 Å². The quantitative estimate of drug-likeness (QED) is 0.685. The first-order chi connectivity index (χ1) is 5.55. The van der Waals surface area contributed by atoms with E-state index in [9.17, 15) is 5.11 Å². The number of rotatable bonds is 2. The van der Waals surface area contributed by atoms with Crippen LogP contribution in [0.2, 0.25) is 0 Å². The lowest BCUT2D eigenvalue weighted by Crippen LogP contribution is -2.52. The molecule has 12 heavy (non-hydrogen) atoms. The lowest BCUT2D eigenvalue weighted by molar-refractivity contribution is -0.133. The van der Waals surface area contributed by atoms with Crippen molar-refractivity contribution >= 4 is 0 Å². The molecule has 1 rings (SSSR count). The molecule has 1 fully saturated rings. The van der Waals surface area contributed by atoms with E-state index in [0.717, 1.165) is 13.1 Å². The molecule has 0 radical (unpaired) electrons. The van der Waals surface area contributed by atoms with Gasteiger partial charge in [-0.25, -0.2) is 0 Å². The van der Waals surface area contributed by atoms with E-state index in [-0.39, 0.29) is 0 Å². The van der Waals surface area contributed by atoms with Gasteiger partial charge in [0.15, 0.2) is 0 Å². The van der Waals surface area contributed by atoms with E-state index in [1.54, 1.807) is 0 Å². The Morgan fingerprint density at radius 1 is 1.17 bits per heavy atom. The van der Waals surface area contributed by atoms with Crippen molar-refractivity contribution in [2.45, 2.75) is 45.8 Å². The van der Waals surface area contributed by atoms with Crippen LogP contribution in [0, 0.1) is 5.92 Å². The largest absolute Gasteiger partial charge is 0.376 e. The molecule has 1 atom stereocenters. The SMILES string of the molecule is CC(C)C(C)(O)N1CCCCC1. The summed E-state index contributed by atoms with van der Waals surface area (Å²) in [6.45, 7) is 8.21. The van der Waals surface area contributed by atoms with Crippen molar-refractivity contribution in [1.82, 2.24) is 4.90 Å². The minimum atomic E-state index is -0.597. The van der Waals surface area contributed by atoms with E-state index >= 15 is 0 Å². The van der Waals surface area contributed by atoms with Crippen molar-refractivity contribution < 1.29 is 5.11 Å². The van der Waals surface area contributed by atoms with Crippen LogP contribution in [-0.4, -0.2) is 28.8 Å². The van der Waals surface area contributed by atoms with Gasteiger partial charge in [0, 0.05) is 13.1 Å². The molecule has 1 N–H and O–H groups in total. The first-order valence-corrected chi connectivity index (χ1v) is 5.02. The van der Waals surface area contributed by atoms with E-state index in [1.807, 2.05) is 6.92 Å². The van der Waals surface area contributed by atoms with E-state index < -0.39 is 5.72 Å². The molecule has 0 aromatic rings. The van der Waals surface area contributed by atoms with Crippen LogP contribution in [0.5, 0.6) is 0 Å². The Labute approximate surface area is 75.6 Å². The molecule has 1 aliphatic heterocycles. The smallest absolute Gasteiger partial charge is 0.117 e. The van der Waals surface area contributed by atoms with Gasteiger partial charge < -0.3 is 5.11 Å². The fourth-order valence-corrected chi connectivity index (χ4v) is 1.71. The molecule has 0 amide bonds. The van der Waals surface area contributed by atoms with Gasteiger partial charge in [0.05, 0.1) is 0 Å². The van der Waals surface area contributed by atoms with E-state index in [2.05, 4.69) is 18.7 Å². The highest BCUT2D eigenvalue weighted by atomic mass is 16.3. The maximum Gasteiger partial charge on any atom is 0.117 e. The number of hydrogen-bond acceptors (Lipinski definition) is 2. The summed E-state index contributed by atoms with van der Waals surface area (Å²) in [7, 11) is 0. The summed E-state index contributed by atoms with van der Waals surface area (Å²) in [5, 5.41) is 10.1. The molecule has 0 spiro atoms. The lowest BCUT2D eigenvalue weighted by Gasteiger charge is -2.42.